The smallest absolute Gasteiger partial charge is 0.0468 e. The number of fused-ring (bicyclic) bond motifs is 8. The van der Waals surface area contributed by atoms with Gasteiger partial charge in [-0.2, -0.15) is 0 Å². The van der Waals surface area contributed by atoms with Crippen molar-refractivity contribution in [2.45, 2.75) is 38.5 Å². The Hall–Kier alpha value is -8.46. The summed E-state index contributed by atoms with van der Waals surface area (Å²) >= 11 is 0. The summed E-state index contributed by atoms with van der Waals surface area (Å²) in [5.74, 6) is 0. The van der Waals surface area contributed by atoms with Gasteiger partial charge in [-0.05, 0) is 161 Å². The van der Waals surface area contributed by atoms with Gasteiger partial charge in [0.2, 0.25) is 0 Å². The van der Waals surface area contributed by atoms with Crippen LogP contribution in [0.15, 0.2) is 243 Å². The van der Waals surface area contributed by atoms with Crippen LogP contribution in [-0.4, -0.2) is 0 Å². The van der Waals surface area contributed by atoms with Gasteiger partial charge in [-0.25, -0.2) is 0 Å². The minimum absolute atomic E-state index is 0.129. The van der Waals surface area contributed by atoms with Crippen LogP contribution in [0.2, 0.25) is 0 Å². The van der Waals surface area contributed by atoms with E-state index in [1.165, 1.54) is 88.3 Å². The molecule has 2 aliphatic carbocycles. The van der Waals surface area contributed by atoms with Crippen LogP contribution in [0.25, 0.3) is 66.1 Å². The summed E-state index contributed by atoms with van der Waals surface area (Å²) < 4.78 is 0. The van der Waals surface area contributed by atoms with Gasteiger partial charge in [0.1, 0.15) is 0 Å². The van der Waals surface area contributed by atoms with E-state index in [0.29, 0.717) is 0 Å². The van der Waals surface area contributed by atoms with Crippen molar-refractivity contribution in [3.8, 4) is 44.5 Å². The minimum atomic E-state index is -0.129. The summed E-state index contributed by atoms with van der Waals surface area (Å²) in [6.45, 7) is 9.46. The SMILES string of the molecule is CC1(C)c2ccccc2-c2ccc(N(c3ccccc3)c3ccc4c(-c5ccccc5)c5cc(N(c6ccccc6)c6ccc7c(c6)C(C)(C)c6ccccc6-7)ccc5c(-c5ccccc5)c4c3)cc21. The number of rotatable bonds is 8. The van der Waals surface area contributed by atoms with Crippen molar-refractivity contribution in [3.05, 3.63) is 265 Å². The lowest BCUT2D eigenvalue weighted by molar-refractivity contribution is 0.660. The Balaban J connectivity index is 1.05. The molecule has 70 heavy (non-hydrogen) atoms. The highest BCUT2D eigenvalue weighted by Gasteiger charge is 2.37. The summed E-state index contributed by atoms with van der Waals surface area (Å²) in [7, 11) is 0. The fourth-order valence-electron chi connectivity index (χ4n) is 12.0. The molecule has 2 heteroatoms. The van der Waals surface area contributed by atoms with Gasteiger partial charge < -0.3 is 9.80 Å². The predicted octanol–water partition coefficient (Wildman–Crippen LogP) is 18.9. The van der Waals surface area contributed by atoms with E-state index in [1.807, 2.05) is 0 Å². The Kier molecular flexibility index (Phi) is 9.58. The van der Waals surface area contributed by atoms with Crippen LogP contribution in [0.1, 0.15) is 49.9 Å². The van der Waals surface area contributed by atoms with Crippen LogP contribution in [0.4, 0.5) is 34.1 Å². The van der Waals surface area contributed by atoms with Gasteiger partial charge in [-0.1, -0.05) is 198 Å². The second kappa shape index (κ2) is 16.1. The third-order valence-electron chi connectivity index (χ3n) is 15.4. The lowest BCUT2D eigenvalue weighted by Gasteiger charge is -2.29. The quantitative estimate of drug-likeness (QED) is 0.140. The summed E-state index contributed by atoms with van der Waals surface area (Å²) in [5, 5.41) is 4.83. The molecule has 0 aliphatic heterocycles. The molecule has 0 amide bonds. The van der Waals surface area contributed by atoms with Gasteiger partial charge in [-0.15, -0.1) is 0 Å². The Labute approximate surface area is 411 Å². The average molecular weight is 897 g/mol. The van der Waals surface area contributed by atoms with Crippen molar-refractivity contribution in [1.82, 2.24) is 0 Å². The summed E-state index contributed by atoms with van der Waals surface area (Å²) in [6.07, 6.45) is 0. The monoisotopic (exact) mass is 896 g/mol. The van der Waals surface area contributed by atoms with E-state index in [9.17, 15) is 0 Å². The van der Waals surface area contributed by atoms with Gasteiger partial charge >= 0.3 is 0 Å². The van der Waals surface area contributed by atoms with E-state index >= 15 is 0 Å². The standard InChI is InChI=1S/C68H52N2/c1-67(2)61-31-19-17-29-53(61)55-37-33-51(43-63(55)67)69(47-25-13-7-14-26-47)49-35-39-57-59(41-49)65(45-21-9-5-10-22-45)58-40-36-50(42-60(58)66(57)46-23-11-6-12-24-46)70(48-27-15-8-16-28-48)52-34-38-56-54-30-18-20-32-62(54)68(3,4)64(56)44-52/h5-44H,1-4H3. The van der Waals surface area contributed by atoms with Crippen molar-refractivity contribution in [3.63, 3.8) is 0 Å². The molecule has 11 aromatic carbocycles. The molecule has 0 radical (unpaired) electrons. The van der Waals surface area contributed by atoms with Gasteiger partial charge in [0.25, 0.3) is 0 Å². The predicted molar refractivity (Wildman–Crippen MR) is 297 cm³/mol. The number of hydrogen-bond donors (Lipinski definition) is 0. The maximum absolute atomic E-state index is 2.44. The van der Waals surface area contributed by atoms with E-state index in [2.05, 4.69) is 280 Å². The Bertz CT molecular complexity index is 3560. The molecule has 0 atom stereocenters. The molecule has 2 aliphatic rings. The zero-order valence-corrected chi connectivity index (χ0v) is 40.0. The molecule has 13 rings (SSSR count). The average Bonchev–Trinajstić information content (AvgIpc) is 3.78. The van der Waals surface area contributed by atoms with Gasteiger partial charge in [0.05, 0.1) is 0 Å². The highest BCUT2D eigenvalue weighted by Crippen LogP contribution is 2.54. The molecule has 334 valence electrons. The number of anilines is 6. The molecule has 0 saturated carbocycles. The van der Waals surface area contributed by atoms with Gasteiger partial charge in [0.15, 0.2) is 0 Å². The first kappa shape index (κ1) is 41.7. The summed E-state index contributed by atoms with van der Waals surface area (Å²) in [4.78, 5) is 4.88. The van der Waals surface area contributed by atoms with Crippen LogP contribution in [0.5, 0.6) is 0 Å². The first-order chi connectivity index (χ1) is 34.3. The third-order valence-corrected chi connectivity index (χ3v) is 15.4. The molecule has 2 nitrogen and oxygen atoms in total. The van der Waals surface area contributed by atoms with Crippen LogP contribution in [-0.2, 0) is 10.8 Å². The lowest BCUT2D eigenvalue weighted by Crippen LogP contribution is -2.16. The first-order valence-corrected chi connectivity index (χ1v) is 24.6. The van der Waals surface area contributed by atoms with Crippen molar-refractivity contribution in [1.29, 1.82) is 0 Å². The molecule has 0 unspecified atom stereocenters. The zero-order valence-electron chi connectivity index (χ0n) is 40.0. The molecule has 0 bridgehead atoms. The van der Waals surface area contributed by atoms with E-state index in [4.69, 9.17) is 0 Å². The van der Waals surface area contributed by atoms with Crippen molar-refractivity contribution in [2.75, 3.05) is 9.80 Å². The Morgan fingerprint density at radius 1 is 0.243 bits per heavy atom. The number of benzene rings is 11. The maximum Gasteiger partial charge on any atom is 0.0468 e. The van der Waals surface area contributed by atoms with Gasteiger partial charge in [-0.3, -0.25) is 0 Å². The van der Waals surface area contributed by atoms with E-state index in [0.717, 1.165) is 34.1 Å². The van der Waals surface area contributed by atoms with E-state index < -0.39 is 0 Å². The number of nitrogens with zero attached hydrogens (tertiary/aromatic N) is 2. The molecule has 0 N–H and O–H groups in total. The topological polar surface area (TPSA) is 6.48 Å². The van der Waals surface area contributed by atoms with Crippen LogP contribution >= 0.6 is 0 Å². The Morgan fingerprint density at radius 3 is 0.957 bits per heavy atom. The summed E-state index contributed by atoms with van der Waals surface area (Å²) in [5.41, 5.74) is 22.0. The molecule has 0 spiro atoms. The Morgan fingerprint density at radius 2 is 0.557 bits per heavy atom. The van der Waals surface area contributed by atoms with Crippen LogP contribution in [0.3, 0.4) is 0 Å². The molecule has 11 aromatic rings. The molecular weight excluding hydrogens is 845 g/mol. The van der Waals surface area contributed by atoms with Crippen LogP contribution in [0, 0.1) is 0 Å². The fourth-order valence-corrected chi connectivity index (χ4v) is 12.0. The highest BCUT2D eigenvalue weighted by atomic mass is 15.1. The molecule has 0 heterocycles. The maximum atomic E-state index is 2.44. The molecule has 0 aromatic heterocycles. The fraction of sp³-hybridized carbons (Fsp3) is 0.0882. The van der Waals surface area contributed by atoms with E-state index in [1.54, 1.807) is 0 Å². The molecule has 0 fully saturated rings. The second-order valence-corrected chi connectivity index (χ2v) is 20.1. The largest absolute Gasteiger partial charge is 0.310 e. The second-order valence-electron chi connectivity index (χ2n) is 20.1. The molecular formula is C68H52N2. The van der Waals surface area contributed by atoms with E-state index in [-0.39, 0.29) is 10.8 Å². The van der Waals surface area contributed by atoms with Crippen molar-refractivity contribution >= 4 is 55.7 Å². The number of hydrogen-bond acceptors (Lipinski definition) is 2. The van der Waals surface area contributed by atoms with Crippen molar-refractivity contribution in [2.24, 2.45) is 0 Å². The van der Waals surface area contributed by atoms with Crippen molar-refractivity contribution < 1.29 is 0 Å². The number of para-hydroxylation sites is 2. The third kappa shape index (κ3) is 6.47. The van der Waals surface area contributed by atoms with Gasteiger partial charge in [0, 0.05) is 45.0 Å². The first-order valence-electron chi connectivity index (χ1n) is 24.6. The van der Waals surface area contributed by atoms with Crippen LogP contribution < -0.4 is 9.80 Å². The summed E-state index contributed by atoms with van der Waals surface area (Å²) in [6, 6.07) is 90.0. The minimum Gasteiger partial charge on any atom is -0.310 e. The lowest BCUT2D eigenvalue weighted by atomic mass is 9.82. The zero-order chi connectivity index (χ0) is 47.1. The molecule has 0 saturated heterocycles. The normalized spacial score (nSPS) is 13.7. The highest BCUT2D eigenvalue weighted by molar-refractivity contribution is 6.22.